The molecule has 2 aromatic carbocycles. The number of imidazole rings is 1. The van der Waals surface area contributed by atoms with Gasteiger partial charge in [-0.25, -0.2) is 13.8 Å². The van der Waals surface area contributed by atoms with Gasteiger partial charge in [0.1, 0.15) is 23.9 Å². The molecule has 4 heterocycles. The van der Waals surface area contributed by atoms with Gasteiger partial charge in [0.15, 0.2) is 5.82 Å². The number of ether oxygens (including phenoxy) is 3. The highest BCUT2D eigenvalue weighted by atomic mass is 19.3. The fourth-order valence-electron chi connectivity index (χ4n) is 6.36. The van der Waals surface area contributed by atoms with Crippen LogP contribution in [-0.2, 0) is 9.53 Å². The molecule has 1 aliphatic carbocycles. The number of hydrogen-bond donors (Lipinski definition) is 1. The second-order valence-electron chi connectivity index (χ2n) is 11.6. The maximum absolute atomic E-state index is 14.2. The zero-order valence-electron chi connectivity index (χ0n) is 24.6. The summed E-state index contributed by atoms with van der Waals surface area (Å²) in [6.45, 7) is 3.40. The van der Waals surface area contributed by atoms with Crippen molar-refractivity contribution in [3.8, 4) is 23.2 Å². The van der Waals surface area contributed by atoms with E-state index in [1.54, 1.807) is 53.4 Å². The monoisotopic (exact) mass is 620 g/mol. The summed E-state index contributed by atoms with van der Waals surface area (Å²) in [5.41, 5.74) is 1.57. The van der Waals surface area contributed by atoms with E-state index in [0.29, 0.717) is 93.2 Å². The fraction of sp³-hybridized carbons (Fsp3) is 0.438. The van der Waals surface area contributed by atoms with E-state index in [2.05, 4.69) is 15.0 Å². The van der Waals surface area contributed by atoms with Gasteiger partial charge in [0.2, 0.25) is 17.7 Å². The number of aromatic hydroxyl groups is 1. The molecule has 0 bridgehead atoms. The van der Waals surface area contributed by atoms with Gasteiger partial charge in [0, 0.05) is 31.1 Å². The number of para-hydroxylation sites is 2. The molecule has 0 radical (unpaired) electrons. The lowest BCUT2D eigenvalue weighted by Gasteiger charge is -2.35. The van der Waals surface area contributed by atoms with Crippen molar-refractivity contribution in [2.24, 2.45) is 11.8 Å². The number of halogens is 2. The van der Waals surface area contributed by atoms with E-state index in [1.165, 1.54) is 4.57 Å². The first-order chi connectivity index (χ1) is 21.9. The molecule has 11 nitrogen and oxygen atoms in total. The first-order valence-corrected chi connectivity index (χ1v) is 15.3. The molecule has 3 aliphatic rings. The molecule has 1 saturated carbocycles. The zero-order chi connectivity index (χ0) is 30.9. The molecule has 13 heteroatoms. The van der Waals surface area contributed by atoms with Crippen molar-refractivity contribution >= 4 is 28.6 Å². The van der Waals surface area contributed by atoms with Crippen LogP contribution in [0.15, 0.2) is 48.5 Å². The smallest absolute Gasteiger partial charge is 0.296 e. The molecule has 1 saturated heterocycles. The number of phenols is 1. The number of rotatable bonds is 7. The summed E-state index contributed by atoms with van der Waals surface area (Å²) in [7, 11) is 0. The van der Waals surface area contributed by atoms with Crippen molar-refractivity contribution in [1.29, 1.82) is 0 Å². The Bertz CT molecular complexity index is 1690. The third kappa shape index (κ3) is 5.96. The number of phenolic OH excluding ortho intramolecular Hbond substituents is 1. The van der Waals surface area contributed by atoms with Gasteiger partial charge in [-0.3, -0.25) is 9.36 Å². The van der Waals surface area contributed by atoms with E-state index >= 15 is 0 Å². The van der Waals surface area contributed by atoms with Crippen LogP contribution in [-0.4, -0.2) is 76.6 Å². The maximum Gasteiger partial charge on any atom is 0.296 e. The molecule has 4 aromatic rings. The lowest BCUT2D eigenvalue weighted by Crippen LogP contribution is -2.42. The van der Waals surface area contributed by atoms with Gasteiger partial charge in [0.05, 0.1) is 43.1 Å². The summed E-state index contributed by atoms with van der Waals surface area (Å²) < 4.78 is 47.1. The van der Waals surface area contributed by atoms with Gasteiger partial charge in [0.25, 0.3) is 6.43 Å². The number of alkyl halides is 2. The molecule has 2 aromatic heterocycles. The number of fused-ring (bicyclic) bond motifs is 2. The lowest BCUT2D eigenvalue weighted by molar-refractivity contribution is -0.124. The number of morpholine rings is 1. The first-order valence-electron chi connectivity index (χ1n) is 15.3. The Morgan fingerprint density at radius 3 is 2.58 bits per heavy atom. The van der Waals surface area contributed by atoms with Crippen LogP contribution in [0.4, 0.5) is 20.4 Å². The van der Waals surface area contributed by atoms with Crippen molar-refractivity contribution in [2.45, 2.75) is 32.1 Å². The molecule has 0 atom stereocenters. The van der Waals surface area contributed by atoms with Crippen molar-refractivity contribution < 1.29 is 32.9 Å². The van der Waals surface area contributed by atoms with Gasteiger partial charge in [-0.05, 0) is 55.9 Å². The second-order valence-corrected chi connectivity index (χ2v) is 11.6. The standard InChI is InChI=1S/C32H34F2N6O5/c33-29(34)30-35-23-3-1-2-4-24(23)40(30)27-18-28(37-32(36-27)38-11-14-43-15-12-38)45-19-20-5-7-21(8-6-20)31(42)39-13-16-44-26-10-9-22(41)17-25(26)39/h1-4,9-10,17-18,20-21,29,41H,5-8,11-16,19H2. The van der Waals surface area contributed by atoms with E-state index in [0.717, 1.165) is 12.8 Å². The predicted octanol–water partition coefficient (Wildman–Crippen LogP) is 4.91. The Morgan fingerprint density at radius 1 is 0.978 bits per heavy atom. The highest BCUT2D eigenvalue weighted by molar-refractivity contribution is 5.97. The van der Waals surface area contributed by atoms with Crippen LogP contribution in [0.5, 0.6) is 17.4 Å². The van der Waals surface area contributed by atoms with E-state index in [1.807, 2.05) is 4.90 Å². The Balaban J connectivity index is 1.07. The van der Waals surface area contributed by atoms with E-state index < -0.39 is 12.2 Å². The molecule has 1 amide bonds. The molecule has 0 spiro atoms. The third-order valence-corrected chi connectivity index (χ3v) is 8.72. The Kier molecular flexibility index (Phi) is 8.09. The number of nitrogens with zero attached hydrogens (tertiary/aromatic N) is 6. The van der Waals surface area contributed by atoms with Crippen LogP contribution in [0.2, 0.25) is 0 Å². The highest BCUT2D eigenvalue weighted by Crippen LogP contribution is 2.38. The van der Waals surface area contributed by atoms with Crippen LogP contribution in [0, 0.1) is 11.8 Å². The van der Waals surface area contributed by atoms with Crippen molar-refractivity contribution in [2.75, 3.05) is 55.9 Å². The average molecular weight is 621 g/mol. The zero-order valence-corrected chi connectivity index (χ0v) is 24.6. The summed E-state index contributed by atoms with van der Waals surface area (Å²) in [6, 6.07) is 13.4. The largest absolute Gasteiger partial charge is 0.508 e. The quantitative estimate of drug-likeness (QED) is 0.308. The molecule has 236 valence electrons. The molecule has 2 fully saturated rings. The van der Waals surface area contributed by atoms with Gasteiger partial charge in [-0.15, -0.1) is 0 Å². The normalized spacial score (nSPS) is 20.2. The third-order valence-electron chi connectivity index (χ3n) is 8.72. The second kappa shape index (κ2) is 12.5. The van der Waals surface area contributed by atoms with Crippen LogP contribution in [0.3, 0.4) is 0 Å². The summed E-state index contributed by atoms with van der Waals surface area (Å²) in [5, 5.41) is 9.97. The maximum atomic E-state index is 14.2. The summed E-state index contributed by atoms with van der Waals surface area (Å²) in [5.74, 6) is 1.35. The number of anilines is 2. The molecule has 0 unspecified atom stereocenters. The van der Waals surface area contributed by atoms with Crippen LogP contribution < -0.4 is 19.3 Å². The molecular formula is C32H34F2N6O5. The van der Waals surface area contributed by atoms with E-state index in [4.69, 9.17) is 14.2 Å². The van der Waals surface area contributed by atoms with Crippen LogP contribution in [0.1, 0.15) is 37.9 Å². The van der Waals surface area contributed by atoms with Crippen LogP contribution >= 0.6 is 0 Å². The van der Waals surface area contributed by atoms with Crippen molar-refractivity contribution in [3.63, 3.8) is 0 Å². The van der Waals surface area contributed by atoms with E-state index in [9.17, 15) is 18.7 Å². The minimum atomic E-state index is -2.81. The topological polar surface area (TPSA) is 115 Å². The first kappa shape index (κ1) is 29.2. The molecule has 2 aliphatic heterocycles. The number of hydrogen-bond acceptors (Lipinski definition) is 9. The van der Waals surface area contributed by atoms with Crippen LogP contribution in [0.25, 0.3) is 16.9 Å². The number of aromatic nitrogens is 4. The summed E-state index contributed by atoms with van der Waals surface area (Å²) in [6.07, 6.45) is 0.210. The van der Waals surface area contributed by atoms with Gasteiger partial charge < -0.3 is 29.1 Å². The Morgan fingerprint density at radius 2 is 1.78 bits per heavy atom. The molecular weight excluding hydrogens is 586 g/mol. The minimum absolute atomic E-state index is 0.0440. The van der Waals surface area contributed by atoms with Gasteiger partial charge >= 0.3 is 0 Å². The minimum Gasteiger partial charge on any atom is -0.508 e. The molecule has 1 N–H and O–H groups in total. The van der Waals surface area contributed by atoms with Gasteiger partial charge in [-0.1, -0.05) is 12.1 Å². The van der Waals surface area contributed by atoms with Gasteiger partial charge in [-0.2, -0.15) is 9.97 Å². The Labute approximate surface area is 258 Å². The summed E-state index contributed by atoms with van der Waals surface area (Å²) >= 11 is 0. The van der Waals surface area contributed by atoms with Crippen molar-refractivity contribution in [1.82, 2.24) is 19.5 Å². The summed E-state index contributed by atoms with van der Waals surface area (Å²) in [4.78, 5) is 30.7. The average Bonchev–Trinajstić information content (AvgIpc) is 3.48. The molecule has 7 rings (SSSR count). The lowest BCUT2D eigenvalue weighted by atomic mass is 9.81. The van der Waals surface area contributed by atoms with E-state index in [-0.39, 0.29) is 29.3 Å². The number of amides is 1. The fourth-order valence-corrected chi connectivity index (χ4v) is 6.36. The number of benzene rings is 2. The highest BCUT2D eigenvalue weighted by Gasteiger charge is 2.33. The Hall–Kier alpha value is -4.52. The van der Waals surface area contributed by atoms with Crippen molar-refractivity contribution in [3.05, 3.63) is 54.4 Å². The number of carbonyl (C=O) groups excluding carboxylic acids is 1. The molecule has 45 heavy (non-hydrogen) atoms. The SMILES string of the molecule is O=C(C1CCC(COc2cc(-n3c(C(F)F)nc4ccccc43)nc(N3CCOCC3)n2)CC1)N1CCOc2ccc(O)cc21. The predicted molar refractivity (Wildman–Crippen MR) is 162 cm³/mol. The number of carbonyl (C=O) groups is 1.